The van der Waals surface area contributed by atoms with Crippen LogP contribution in [0.3, 0.4) is 0 Å². The second-order valence-corrected chi connectivity index (χ2v) is 4.60. The Morgan fingerprint density at radius 2 is 1.72 bits per heavy atom. The third-order valence-corrected chi connectivity index (χ3v) is 3.15. The number of nitrogens with zero attached hydrogens (tertiary/aromatic N) is 2. The minimum atomic E-state index is 0.744. The maximum Gasteiger partial charge on any atom is 0.144 e. The summed E-state index contributed by atoms with van der Waals surface area (Å²) in [6, 6.07) is 12.3. The van der Waals surface area contributed by atoms with Crippen LogP contribution in [0.15, 0.2) is 42.6 Å². The van der Waals surface area contributed by atoms with Gasteiger partial charge in [0.1, 0.15) is 5.82 Å². The van der Waals surface area contributed by atoms with Gasteiger partial charge in [-0.1, -0.05) is 29.8 Å². The largest absolute Gasteiger partial charge is 0.398 e. The quantitative estimate of drug-likeness (QED) is 0.706. The van der Waals surface area contributed by atoms with Crippen LogP contribution in [0.5, 0.6) is 0 Å². The molecule has 2 aromatic heterocycles. The van der Waals surface area contributed by atoms with Crippen LogP contribution in [0.2, 0.25) is 0 Å². The van der Waals surface area contributed by atoms with Gasteiger partial charge in [0.2, 0.25) is 0 Å². The van der Waals surface area contributed by atoms with Crippen molar-refractivity contribution in [1.82, 2.24) is 9.38 Å². The van der Waals surface area contributed by atoms with Crippen LogP contribution in [0.4, 0.5) is 5.69 Å². The van der Waals surface area contributed by atoms with E-state index >= 15 is 0 Å². The number of benzene rings is 1. The van der Waals surface area contributed by atoms with Crippen LogP contribution in [-0.4, -0.2) is 9.38 Å². The van der Waals surface area contributed by atoms with Crippen LogP contribution in [0, 0.1) is 13.8 Å². The summed E-state index contributed by atoms with van der Waals surface area (Å²) in [5, 5.41) is 0. The van der Waals surface area contributed by atoms with Crippen molar-refractivity contribution in [3.8, 4) is 11.4 Å². The molecule has 3 aromatic rings. The van der Waals surface area contributed by atoms with E-state index in [4.69, 9.17) is 5.73 Å². The summed E-state index contributed by atoms with van der Waals surface area (Å²) in [5.41, 5.74) is 11.1. The number of nitrogen functional groups attached to an aromatic ring is 1. The number of aryl methyl sites for hydroxylation is 2. The van der Waals surface area contributed by atoms with Gasteiger partial charge in [-0.15, -0.1) is 0 Å². The zero-order valence-corrected chi connectivity index (χ0v) is 10.5. The Labute approximate surface area is 106 Å². The highest BCUT2D eigenvalue weighted by atomic mass is 15.0. The molecule has 0 amide bonds. The summed E-state index contributed by atoms with van der Waals surface area (Å²) < 4.78 is 2.05. The number of fused-ring (bicyclic) bond motifs is 1. The van der Waals surface area contributed by atoms with Gasteiger partial charge in [0.05, 0.1) is 11.2 Å². The third kappa shape index (κ3) is 1.64. The van der Waals surface area contributed by atoms with Gasteiger partial charge in [0, 0.05) is 17.4 Å². The standard InChI is InChI=1S/C15H15N3/c1-10-3-5-12(6-4-10)15-17-11(2)14-8-7-13(16)9-18(14)15/h3-9H,16H2,1-2H3. The number of hydrogen-bond donors (Lipinski definition) is 1. The van der Waals surface area contributed by atoms with E-state index in [0.29, 0.717) is 0 Å². The average Bonchev–Trinajstić information content (AvgIpc) is 2.67. The van der Waals surface area contributed by atoms with Gasteiger partial charge in [0.25, 0.3) is 0 Å². The van der Waals surface area contributed by atoms with Crippen molar-refractivity contribution in [2.45, 2.75) is 13.8 Å². The number of anilines is 1. The first-order valence-electron chi connectivity index (χ1n) is 5.96. The number of imidazole rings is 1. The Bertz CT molecular complexity index is 708. The zero-order chi connectivity index (χ0) is 12.7. The van der Waals surface area contributed by atoms with Gasteiger partial charge < -0.3 is 5.73 Å². The number of aromatic nitrogens is 2. The molecule has 3 heteroatoms. The molecule has 0 unspecified atom stereocenters. The lowest BCUT2D eigenvalue weighted by molar-refractivity contribution is 1.16. The maximum absolute atomic E-state index is 5.86. The first-order valence-corrected chi connectivity index (χ1v) is 5.96. The SMILES string of the molecule is Cc1ccc(-c2nc(C)c3ccc(N)cn23)cc1. The summed E-state index contributed by atoms with van der Waals surface area (Å²) in [5.74, 6) is 0.940. The fourth-order valence-corrected chi connectivity index (χ4v) is 2.16. The normalized spacial score (nSPS) is 11.0. The number of rotatable bonds is 1. The molecule has 90 valence electrons. The Morgan fingerprint density at radius 3 is 2.44 bits per heavy atom. The zero-order valence-electron chi connectivity index (χ0n) is 10.5. The van der Waals surface area contributed by atoms with Crippen LogP contribution in [0.25, 0.3) is 16.9 Å². The summed E-state index contributed by atoms with van der Waals surface area (Å²) in [6.07, 6.45) is 1.92. The molecule has 0 atom stereocenters. The molecule has 2 heterocycles. The molecule has 3 nitrogen and oxygen atoms in total. The first-order chi connectivity index (χ1) is 8.65. The molecule has 0 aliphatic rings. The first kappa shape index (κ1) is 10.8. The second kappa shape index (κ2) is 3.88. The second-order valence-electron chi connectivity index (χ2n) is 4.60. The highest BCUT2D eigenvalue weighted by molar-refractivity contribution is 5.67. The molecule has 0 saturated heterocycles. The van der Waals surface area contributed by atoms with Crippen molar-refractivity contribution in [3.63, 3.8) is 0 Å². The third-order valence-electron chi connectivity index (χ3n) is 3.15. The Balaban J connectivity index is 2.28. The van der Waals surface area contributed by atoms with Gasteiger partial charge in [0.15, 0.2) is 0 Å². The molecule has 3 rings (SSSR count). The average molecular weight is 237 g/mol. The lowest BCUT2D eigenvalue weighted by Crippen LogP contribution is -1.92. The Hall–Kier alpha value is -2.29. The van der Waals surface area contributed by atoms with E-state index in [1.54, 1.807) is 0 Å². The summed E-state index contributed by atoms with van der Waals surface area (Å²) in [7, 11) is 0. The molecule has 1 aromatic carbocycles. The predicted octanol–water partition coefficient (Wildman–Crippen LogP) is 3.20. The molecule has 0 spiro atoms. The van der Waals surface area contributed by atoms with Gasteiger partial charge in [-0.25, -0.2) is 4.98 Å². The van der Waals surface area contributed by atoms with Crippen molar-refractivity contribution in [2.75, 3.05) is 5.73 Å². The number of nitrogens with two attached hydrogens (primary N) is 1. The Morgan fingerprint density at radius 1 is 1.00 bits per heavy atom. The van der Waals surface area contributed by atoms with Gasteiger partial charge in [-0.2, -0.15) is 0 Å². The number of hydrogen-bond acceptors (Lipinski definition) is 2. The lowest BCUT2D eigenvalue weighted by atomic mass is 10.1. The highest BCUT2D eigenvalue weighted by Gasteiger charge is 2.09. The van der Waals surface area contributed by atoms with Gasteiger partial charge >= 0.3 is 0 Å². The van der Waals surface area contributed by atoms with Crippen LogP contribution < -0.4 is 5.73 Å². The van der Waals surface area contributed by atoms with E-state index in [1.807, 2.05) is 25.3 Å². The smallest absolute Gasteiger partial charge is 0.144 e. The minimum absolute atomic E-state index is 0.744. The molecule has 2 N–H and O–H groups in total. The van der Waals surface area contributed by atoms with Crippen LogP contribution in [0.1, 0.15) is 11.3 Å². The highest BCUT2D eigenvalue weighted by Crippen LogP contribution is 2.23. The lowest BCUT2D eigenvalue weighted by Gasteiger charge is -2.03. The van der Waals surface area contributed by atoms with Crippen molar-refractivity contribution in [2.24, 2.45) is 0 Å². The summed E-state index contributed by atoms with van der Waals surface area (Å²) in [6.45, 7) is 4.10. The molecule has 0 fully saturated rings. The van der Waals surface area contributed by atoms with E-state index in [9.17, 15) is 0 Å². The van der Waals surface area contributed by atoms with E-state index in [2.05, 4.69) is 40.6 Å². The van der Waals surface area contributed by atoms with E-state index < -0.39 is 0 Å². The molecule has 18 heavy (non-hydrogen) atoms. The van der Waals surface area contributed by atoms with Crippen LogP contribution in [-0.2, 0) is 0 Å². The van der Waals surface area contributed by atoms with Crippen molar-refractivity contribution >= 4 is 11.2 Å². The fourth-order valence-electron chi connectivity index (χ4n) is 2.16. The maximum atomic E-state index is 5.86. The van der Waals surface area contributed by atoms with Crippen molar-refractivity contribution < 1.29 is 0 Å². The van der Waals surface area contributed by atoms with Crippen molar-refractivity contribution in [3.05, 3.63) is 53.9 Å². The van der Waals surface area contributed by atoms with E-state index in [-0.39, 0.29) is 0 Å². The topological polar surface area (TPSA) is 43.3 Å². The number of pyridine rings is 1. The molecular formula is C15H15N3. The predicted molar refractivity (Wildman–Crippen MR) is 74.5 cm³/mol. The minimum Gasteiger partial charge on any atom is -0.398 e. The monoisotopic (exact) mass is 237 g/mol. The Kier molecular flexibility index (Phi) is 2.33. The fraction of sp³-hybridized carbons (Fsp3) is 0.133. The molecule has 0 aliphatic carbocycles. The van der Waals surface area contributed by atoms with E-state index in [0.717, 1.165) is 28.3 Å². The van der Waals surface area contributed by atoms with Gasteiger partial charge in [-0.3, -0.25) is 4.40 Å². The summed E-state index contributed by atoms with van der Waals surface area (Å²) >= 11 is 0. The van der Waals surface area contributed by atoms with Crippen LogP contribution >= 0.6 is 0 Å². The van der Waals surface area contributed by atoms with Crippen molar-refractivity contribution in [1.29, 1.82) is 0 Å². The molecule has 0 radical (unpaired) electrons. The molecule has 0 bridgehead atoms. The molecule has 0 saturated carbocycles. The summed E-state index contributed by atoms with van der Waals surface area (Å²) in [4.78, 5) is 4.64. The van der Waals surface area contributed by atoms with E-state index in [1.165, 1.54) is 5.56 Å². The van der Waals surface area contributed by atoms with Gasteiger partial charge in [-0.05, 0) is 26.0 Å². The molecular weight excluding hydrogens is 222 g/mol. The molecule has 0 aliphatic heterocycles.